The van der Waals surface area contributed by atoms with Crippen LogP contribution in [0.2, 0.25) is 0 Å². The van der Waals surface area contributed by atoms with Gasteiger partial charge in [0.15, 0.2) is 11.5 Å². The Morgan fingerprint density at radius 3 is 2.10 bits per heavy atom. The Morgan fingerprint density at radius 2 is 1.61 bits per heavy atom. The summed E-state index contributed by atoms with van der Waals surface area (Å²) in [5.74, 6) is 1.65. The molecule has 0 heterocycles. The Hall–Kier alpha value is -0.400. The molecule has 178 valence electrons. The molecule has 3 unspecified atom stereocenters. The van der Waals surface area contributed by atoms with Crippen molar-refractivity contribution < 1.29 is 22.6 Å². The number of carbonyl (C=O) groups excluding carboxylic acids is 2. The van der Waals surface area contributed by atoms with Crippen molar-refractivity contribution >= 4 is 32.6 Å². The van der Waals surface area contributed by atoms with Gasteiger partial charge in [-0.3, -0.25) is 9.59 Å². The molecular weight excluding hydrogens is 432 g/mol. The van der Waals surface area contributed by atoms with E-state index in [0.29, 0.717) is 35.4 Å². The van der Waals surface area contributed by atoms with E-state index in [2.05, 4.69) is 6.26 Å². The monoisotopic (exact) mass is 472 g/mol. The van der Waals surface area contributed by atoms with Crippen LogP contribution in [0.25, 0.3) is 0 Å². The Balaban J connectivity index is 0.000000176. The third kappa shape index (κ3) is 5.57. The molecule has 4 aliphatic rings. The molecule has 2 bridgehead atoms. The summed E-state index contributed by atoms with van der Waals surface area (Å²) in [4.78, 5) is 24.0. The van der Waals surface area contributed by atoms with E-state index in [0.717, 1.165) is 17.4 Å². The molecule has 4 saturated carbocycles. The van der Waals surface area contributed by atoms with Crippen molar-refractivity contribution in [3.63, 3.8) is 0 Å². The predicted octanol–water partition coefficient (Wildman–Crippen LogP) is 4.25. The SMILES string of the molecule is CC1(C)C2CCC1(CS(=O)(=O)[O-])C(=O)C2.C[S+](CC(=O)C1CCCC1)C1CCCCC1. The van der Waals surface area contributed by atoms with Crippen LogP contribution >= 0.6 is 0 Å². The first kappa shape index (κ1) is 25.2. The molecule has 4 aliphatic carbocycles. The first-order chi connectivity index (χ1) is 14.5. The maximum absolute atomic E-state index is 12.1. The first-order valence-corrected chi connectivity index (χ1v) is 15.5. The molecule has 5 nitrogen and oxygen atoms in total. The van der Waals surface area contributed by atoms with Crippen LogP contribution in [0.5, 0.6) is 0 Å². The molecule has 0 radical (unpaired) electrons. The summed E-state index contributed by atoms with van der Waals surface area (Å²) in [6.45, 7) is 3.83. The van der Waals surface area contributed by atoms with Gasteiger partial charge in [0.1, 0.15) is 11.0 Å². The topological polar surface area (TPSA) is 91.3 Å². The van der Waals surface area contributed by atoms with Crippen LogP contribution in [-0.4, -0.2) is 47.5 Å². The van der Waals surface area contributed by atoms with Gasteiger partial charge in [-0.1, -0.05) is 33.1 Å². The zero-order valence-corrected chi connectivity index (χ0v) is 21.1. The van der Waals surface area contributed by atoms with Crippen LogP contribution in [0, 0.1) is 22.7 Å². The molecule has 0 aromatic carbocycles. The number of fused-ring (bicyclic) bond motifs is 2. The summed E-state index contributed by atoms with van der Waals surface area (Å²) in [5, 5.41) is 0.874. The normalized spacial score (nSPS) is 32.0. The minimum Gasteiger partial charge on any atom is -0.748 e. The maximum Gasteiger partial charge on any atom is 0.184 e. The molecule has 0 N–H and O–H groups in total. The van der Waals surface area contributed by atoms with E-state index in [1.165, 1.54) is 57.8 Å². The third-order valence-electron chi connectivity index (χ3n) is 8.86. The van der Waals surface area contributed by atoms with Crippen molar-refractivity contribution in [3.8, 4) is 0 Å². The van der Waals surface area contributed by atoms with Gasteiger partial charge in [0.2, 0.25) is 0 Å². The van der Waals surface area contributed by atoms with Crippen molar-refractivity contribution in [1.29, 1.82) is 0 Å². The average Bonchev–Trinajstić information content (AvgIpc) is 3.35. The van der Waals surface area contributed by atoms with E-state index in [1.54, 1.807) is 0 Å². The fourth-order valence-corrected chi connectivity index (χ4v) is 9.92. The van der Waals surface area contributed by atoms with Gasteiger partial charge in [0, 0.05) is 17.8 Å². The fraction of sp³-hybridized carbons (Fsp3) is 0.917. The second kappa shape index (κ2) is 9.84. The summed E-state index contributed by atoms with van der Waals surface area (Å²) in [5.41, 5.74) is -1.22. The van der Waals surface area contributed by atoms with Crippen molar-refractivity contribution in [3.05, 3.63) is 0 Å². The first-order valence-electron chi connectivity index (χ1n) is 12.1. The maximum atomic E-state index is 12.1. The zero-order chi connectivity index (χ0) is 22.9. The van der Waals surface area contributed by atoms with Crippen LogP contribution < -0.4 is 0 Å². The van der Waals surface area contributed by atoms with Gasteiger partial charge in [0.05, 0.1) is 22.1 Å². The third-order valence-corrected chi connectivity index (χ3v) is 12.1. The van der Waals surface area contributed by atoms with Gasteiger partial charge >= 0.3 is 0 Å². The summed E-state index contributed by atoms with van der Waals surface area (Å²) < 4.78 is 32.7. The Bertz CT molecular complexity index is 763. The average molecular weight is 473 g/mol. The highest BCUT2D eigenvalue weighted by molar-refractivity contribution is 7.97. The van der Waals surface area contributed by atoms with E-state index in [4.69, 9.17) is 0 Å². The highest BCUT2D eigenvalue weighted by Crippen LogP contribution is 2.64. The molecule has 0 aliphatic heterocycles. The predicted molar refractivity (Wildman–Crippen MR) is 125 cm³/mol. The van der Waals surface area contributed by atoms with Crippen molar-refractivity contribution in [2.24, 2.45) is 22.7 Å². The zero-order valence-electron chi connectivity index (χ0n) is 19.5. The molecule has 0 spiro atoms. The van der Waals surface area contributed by atoms with Crippen molar-refractivity contribution in [1.82, 2.24) is 0 Å². The van der Waals surface area contributed by atoms with E-state index in [-0.39, 0.29) is 17.1 Å². The second-order valence-electron chi connectivity index (χ2n) is 10.9. The molecule has 4 rings (SSSR count). The number of hydrogen-bond donors (Lipinski definition) is 0. The summed E-state index contributed by atoms with van der Waals surface area (Å²) in [6.07, 6.45) is 16.2. The lowest BCUT2D eigenvalue weighted by molar-refractivity contribution is -0.128. The smallest absolute Gasteiger partial charge is 0.184 e. The van der Waals surface area contributed by atoms with Gasteiger partial charge in [-0.05, 0) is 73.6 Å². The van der Waals surface area contributed by atoms with Crippen LogP contribution in [0.1, 0.15) is 90.9 Å². The van der Waals surface area contributed by atoms with Crippen molar-refractivity contribution in [2.45, 2.75) is 96.1 Å². The van der Waals surface area contributed by atoms with Crippen molar-refractivity contribution in [2.75, 3.05) is 17.8 Å². The number of hydrogen-bond acceptors (Lipinski definition) is 5. The lowest BCUT2D eigenvalue weighted by Crippen LogP contribution is -2.42. The summed E-state index contributed by atoms with van der Waals surface area (Å²) in [6, 6.07) is 0. The molecule has 3 atom stereocenters. The van der Waals surface area contributed by atoms with E-state index in [1.807, 2.05) is 13.8 Å². The van der Waals surface area contributed by atoms with Gasteiger partial charge in [-0.25, -0.2) is 8.42 Å². The minimum absolute atomic E-state index is 0.0248. The molecule has 7 heteroatoms. The number of ketones is 2. The Kier molecular flexibility index (Phi) is 8.01. The lowest BCUT2D eigenvalue weighted by Gasteiger charge is -2.37. The highest BCUT2D eigenvalue weighted by Gasteiger charge is 2.64. The Labute approximate surface area is 191 Å². The van der Waals surface area contributed by atoms with E-state index in [9.17, 15) is 22.6 Å². The summed E-state index contributed by atoms with van der Waals surface area (Å²) in [7, 11) is -3.96. The molecule has 31 heavy (non-hydrogen) atoms. The highest BCUT2D eigenvalue weighted by atomic mass is 32.2. The van der Waals surface area contributed by atoms with Crippen LogP contribution in [0.15, 0.2) is 0 Å². The van der Waals surface area contributed by atoms with Gasteiger partial charge in [0.25, 0.3) is 0 Å². The minimum atomic E-state index is -4.33. The van der Waals surface area contributed by atoms with Gasteiger partial charge < -0.3 is 4.55 Å². The van der Waals surface area contributed by atoms with E-state index >= 15 is 0 Å². The molecule has 0 amide bonds. The van der Waals surface area contributed by atoms with Crippen LogP contribution in [0.3, 0.4) is 0 Å². The lowest BCUT2D eigenvalue weighted by atomic mass is 9.70. The van der Waals surface area contributed by atoms with Crippen LogP contribution in [-0.2, 0) is 30.6 Å². The molecule has 0 aromatic rings. The fourth-order valence-electron chi connectivity index (χ4n) is 6.59. The molecule has 4 fully saturated rings. The number of carbonyl (C=O) groups is 2. The molecule has 0 aromatic heterocycles. The Morgan fingerprint density at radius 1 is 1.03 bits per heavy atom. The van der Waals surface area contributed by atoms with Gasteiger partial charge in [-0.2, -0.15) is 0 Å². The summed E-state index contributed by atoms with van der Waals surface area (Å²) >= 11 is 0. The molecule has 0 saturated heterocycles. The standard InChI is InChI=1S/C14H25OS.C10H16O4S/c1-16(13-9-3-2-4-10-13)11-14(15)12-7-5-6-8-12;1-9(2)7-3-4-10(9,8(11)5-7)6-15(12,13)14/h12-13H,2-11H2,1H3;7H,3-6H2,1-2H3,(H,12,13,14)/q+1;/p-1. The van der Waals surface area contributed by atoms with Crippen LogP contribution in [0.4, 0.5) is 0 Å². The number of rotatable bonds is 6. The largest absolute Gasteiger partial charge is 0.748 e. The van der Waals surface area contributed by atoms with E-state index < -0.39 is 21.3 Å². The number of Topliss-reactive ketones (excluding diaryl/α,β-unsaturated/α-hetero) is 2. The quantitative estimate of drug-likeness (QED) is 0.426. The molecular formula is C24H40O5S2. The second-order valence-corrected chi connectivity index (χ2v) is 14.7. The van der Waals surface area contributed by atoms with Gasteiger partial charge in [-0.15, -0.1) is 0 Å².